The van der Waals surface area contributed by atoms with Crippen LogP contribution in [0.2, 0.25) is 0 Å². The molecular formula is C20H25FN4O3. The normalized spacial score (nSPS) is 16.0. The van der Waals surface area contributed by atoms with Crippen LogP contribution < -0.4 is 5.32 Å². The summed E-state index contributed by atoms with van der Waals surface area (Å²) in [5.41, 5.74) is 2.25. The van der Waals surface area contributed by atoms with Crippen molar-refractivity contribution in [2.45, 2.75) is 19.9 Å². The molecule has 1 saturated heterocycles. The zero-order chi connectivity index (χ0) is 20.3. The summed E-state index contributed by atoms with van der Waals surface area (Å²) >= 11 is 0. The molecule has 1 fully saturated rings. The summed E-state index contributed by atoms with van der Waals surface area (Å²) in [5, 5.41) is 6.92. The van der Waals surface area contributed by atoms with Crippen LogP contribution in [0.5, 0.6) is 0 Å². The van der Waals surface area contributed by atoms with Crippen molar-refractivity contribution in [1.29, 1.82) is 0 Å². The molecule has 0 spiro atoms. The predicted molar refractivity (Wildman–Crippen MR) is 102 cm³/mol. The van der Waals surface area contributed by atoms with Gasteiger partial charge in [0.15, 0.2) is 0 Å². The first-order chi connectivity index (χ1) is 13.4. The van der Waals surface area contributed by atoms with Crippen LogP contribution in [0.15, 0.2) is 24.3 Å². The van der Waals surface area contributed by atoms with Gasteiger partial charge in [-0.3, -0.25) is 19.2 Å². The topological polar surface area (TPSA) is 76.5 Å². The number of ketones is 1. The zero-order valence-electron chi connectivity index (χ0n) is 16.4. The zero-order valence-corrected chi connectivity index (χ0v) is 16.4. The molecule has 1 atom stereocenters. The van der Waals surface area contributed by atoms with E-state index in [1.165, 1.54) is 12.1 Å². The molecule has 0 radical (unpaired) electrons. The number of carbonyl (C=O) groups is 2. The lowest BCUT2D eigenvalue weighted by atomic mass is 10.0. The molecule has 1 aromatic heterocycles. The number of aromatic nitrogens is 2. The molecule has 2 heterocycles. The highest BCUT2D eigenvalue weighted by molar-refractivity contribution is 6.43. The number of nitrogens with zero attached hydrogens (tertiary/aromatic N) is 3. The van der Waals surface area contributed by atoms with E-state index in [1.807, 2.05) is 6.07 Å². The van der Waals surface area contributed by atoms with E-state index >= 15 is 0 Å². The number of amides is 1. The molecule has 28 heavy (non-hydrogen) atoms. The Hall–Kier alpha value is -2.58. The smallest absolute Gasteiger partial charge is 0.292 e. The van der Waals surface area contributed by atoms with E-state index in [0.29, 0.717) is 43.3 Å². The number of ether oxygens (including phenoxy) is 1. The number of hydrogen-bond acceptors (Lipinski definition) is 5. The monoisotopic (exact) mass is 388 g/mol. The maximum absolute atomic E-state index is 13.7. The van der Waals surface area contributed by atoms with Gasteiger partial charge >= 0.3 is 0 Å². The number of Topliss-reactive ketones (excluding diaryl/α,β-unsaturated/α-hetero) is 1. The summed E-state index contributed by atoms with van der Waals surface area (Å²) in [4.78, 5) is 27.3. The Balaban J connectivity index is 1.75. The van der Waals surface area contributed by atoms with Crippen LogP contribution in [0.3, 0.4) is 0 Å². The minimum atomic E-state index is -0.686. The number of benzene rings is 1. The molecule has 1 unspecified atom stereocenters. The first kappa shape index (κ1) is 20.2. The van der Waals surface area contributed by atoms with Crippen molar-refractivity contribution in [3.05, 3.63) is 52.6 Å². The molecule has 1 amide bonds. The summed E-state index contributed by atoms with van der Waals surface area (Å²) < 4.78 is 20.7. The fraction of sp³-hybridized carbons (Fsp3) is 0.450. The quantitative estimate of drug-likeness (QED) is 0.600. The third-order valence-corrected chi connectivity index (χ3v) is 5.12. The summed E-state index contributed by atoms with van der Waals surface area (Å²) in [6.07, 6.45) is 0. The molecule has 7 nitrogen and oxygen atoms in total. The first-order valence-corrected chi connectivity index (χ1v) is 9.28. The van der Waals surface area contributed by atoms with E-state index in [-0.39, 0.29) is 18.4 Å². The highest BCUT2D eigenvalue weighted by Crippen LogP contribution is 2.22. The molecule has 0 aliphatic carbocycles. The van der Waals surface area contributed by atoms with Gasteiger partial charge in [-0.05, 0) is 31.5 Å². The van der Waals surface area contributed by atoms with E-state index < -0.39 is 11.7 Å². The molecule has 2 aromatic rings. The summed E-state index contributed by atoms with van der Waals surface area (Å²) in [7, 11) is 1.73. The van der Waals surface area contributed by atoms with Crippen LogP contribution in [-0.4, -0.2) is 59.2 Å². The van der Waals surface area contributed by atoms with E-state index in [1.54, 1.807) is 31.6 Å². The Bertz CT molecular complexity index is 874. The summed E-state index contributed by atoms with van der Waals surface area (Å²) in [5.74, 6) is -1.63. The summed E-state index contributed by atoms with van der Waals surface area (Å²) in [6, 6.07) is 6.08. The highest BCUT2D eigenvalue weighted by atomic mass is 19.1. The number of morpholine rings is 1. The number of hydrogen-bond donors (Lipinski definition) is 1. The maximum atomic E-state index is 13.7. The number of carbonyl (C=O) groups excluding carboxylic acids is 2. The Kier molecular flexibility index (Phi) is 6.21. The molecule has 1 aliphatic heterocycles. The lowest BCUT2D eigenvalue weighted by molar-refractivity contribution is -0.117. The van der Waals surface area contributed by atoms with E-state index in [9.17, 15) is 14.0 Å². The van der Waals surface area contributed by atoms with Crippen LogP contribution in [0.1, 0.15) is 33.4 Å². The van der Waals surface area contributed by atoms with Crippen molar-refractivity contribution in [3.8, 4) is 0 Å². The van der Waals surface area contributed by atoms with E-state index in [0.717, 1.165) is 5.56 Å². The fourth-order valence-corrected chi connectivity index (χ4v) is 3.55. The molecule has 3 rings (SSSR count). The van der Waals surface area contributed by atoms with Gasteiger partial charge in [0.2, 0.25) is 0 Å². The lowest BCUT2D eigenvalue weighted by Gasteiger charge is -2.34. The summed E-state index contributed by atoms with van der Waals surface area (Å²) in [6.45, 7) is 6.16. The molecule has 1 N–H and O–H groups in total. The molecule has 150 valence electrons. The number of nitrogens with one attached hydrogen (secondary N) is 1. The van der Waals surface area contributed by atoms with Gasteiger partial charge in [-0.25, -0.2) is 4.39 Å². The second kappa shape index (κ2) is 8.62. The molecule has 1 aliphatic rings. The van der Waals surface area contributed by atoms with Gasteiger partial charge in [0.1, 0.15) is 5.82 Å². The predicted octanol–water partition coefficient (Wildman–Crippen LogP) is 1.55. The van der Waals surface area contributed by atoms with Crippen LogP contribution in [0.4, 0.5) is 4.39 Å². The lowest BCUT2D eigenvalue weighted by Crippen LogP contribution is -2.45. The van der Waals surface area contributed by atoms with Crippen molar-refractivity contribution in [2.24, 2.45) is 7.05 Å². The van der Waals surface area contributed by atoms with E-state index in [2.05, 4.69) is 15.3 Å². The Morgan fingerprint density at radius 1 is 1.29 bits per heavy atom. The van der Waals surface area contributed by atoms with Gasteiger partial charge in [-0.1, -0.05) is 12.1 Å². The SMILES string of the molecule is Cc1nn(C)c(C)c1C(=O)C(=O)NCC(c1cccc(F)c1)N1CCOCC1. The molecule has 8 heteroatoms. The van der Waals surface area contributed by atoms with Gasteiger partial charge in [-0.15, -0.1) is 0 Å². The van der Waals surface area contributed by atoms with Crippen LogP contribution in [0.25, 0.3) is 0 Å². The minimum absolute atomic E-state index is 0.201. The minimum Gasteiger partial charge on any atom is -0.379 e. The standard InChI is InChI=1S/C20H25FN4O3/c1-13-18(14(2)24(3)23-13)19(26)20(27)22-12-17(25-7-9-28-10-8-25)15-5-4-6-16(21)11-15/h4-6,11,17H,7-10,12H2,1-3H3,(H,22,27). The second-order valence-electron chi connectivity index (χ2n) is 6.93. The Morgan fingerprint density at radius 3 is 2.61 bits per heavy atom. The van der Waals surface area contributed by atoms with Crippen LogP contribution in [0, 0.1) is 19.7 Å². The van der Waals surface area contributed by atoms with Crippen molar-refractivity contribution >= 4 is 11.7 Å². The maximum Gasteiger partial charge on any atom is 0.292 e. The average Bonchev–Trinajstić information content (AvgIpc) is 2.94. The number of halogens is 1. The van der Waals surface area contributed by atoms with Crippen LogP contribution in [-0.2, 0) is 16.6 Å². The number of aryl methyl sites for hydroxylation is 2. The van der Waals surface area contributed by atoms with Gasteiger partial charge in [-0.2, -0.15) is 5.10 Å². The van der Waals surface area contributed by atoms with Crippen molar-refractivity contribution in [1.82, 2.24) is 20.0 Å². The number of rotatable bonds is 6. The third-order valence-electron chi connectivity index (χ3n) is 5.12. The highest BCUT2D eigenvalue weighted by Gasteiger charge is 2.27. The average molecular weight is 388 g/mol. The van der Waals surface area contributed by atoms with Crippen molar-refractivity contribution in [3.63, 3.8) is 0 Å². The van der Waals surface area contributed by atoms with Crippen molar-refractivity contribution < 1.29 is 18.7 Å². The molecule has 0 bridgehead atoms. The van der Waals surface area contributed by atoms with Crippen LogP contribution >= 0.6 is 0 Å². The Labute approximate surface area is 163 Å². The van der Waals surface area contributed by atoms with E-state index in [4.69, 9.17) is 4.74 Å². The molecule has 0 saturated carbocycles. The first-order valence-electron chi connectivity index (χ1n) is 9.28. The van der Waals surface area contributed by atoms with Gasteiger partial charge in [0.05, 0.1) is 30.5 Å². The largest absolute Gasteiger partial charge is 0.379 e. The van der Waals surface area contributed by atoms with Gasteiger partial charge < -0.3 is 10.1 Å². The fourth-order valence-electron chi connectivity index (χ4n) is 3.55. The second-order valence-corrected chi connectivity index (χ2v) is 6.93. The molecular weight excluding hydrogens is 363 g/mol. The van der Waals surface area contributed by atoms with Gasteiger partial charge in [0.25, 0.3) is 11.7 Å². The third kappa shape index (κ3) is 4.28. The van der Waals surface area contributed by atoms with Gasteiger partial charge in [0, 0.05) is 32.4 Å². The van der Waals surface area contributed by atoms with Crippen molar-refractivity contribution in [2.75, 3.05) is 32.8 Å². The molecule has 1 aromatic carbocycles. The Morgan fingerprint density at radius 2 is 2.00 bits per heavy atom.